The molecule has 1 aliphatic carbocycles. The molecule has 1 atom stereocenters. The van der Waals surface area contributed by atoms with Gasteiger partial charge in [-0.05, 0) is 18.4 Å². The van der Waals surface area contributed by atoms with Gasteiger partial charge in [-0.15, -0.1) is 0 Å². The van der Waals surface area contributed by atoms with Crippen LogP contribution in [0.5, 0.6) is 0 Å². The topological polar surface area (TPSA) is 66.5 Å². The van der Waals surface area contributed by atoms with Crippen molar-refractivity contribution in [2.45, 2.75) is 62.8 Å². The summed E-state index contributed by atoms with van der Waals surface area (Å²) in [6.45, 7) is 0.511. The van der Waals surface area contributed by atoms with E-state index in [1.165, 1.54) is 25.7 Å². The summed E-state index contributed by atoms with van der Waals surface area (Å²) < 4.78 is 27.4. The molecule has 1 amide bonds. The molecule has 132 valence electrons. The van der Waals surface area contributed by atoms with Crippen molar-refractivity contribution in [2.75, 3.05) is 6.54 Å². The average Bonchev–Trinajstić information content (AvgIpc) is 2.75. The molecule has 1 saturated heterocycles. The maximum Gasteiger partial charge on any atom is 0.224 e. The van der Waals surface area contributed by atoms with Gasteiger partial charge >= 0.3 is 0 Å². The molecule has 6 heteroatoms. The highest BCUT2D eigenvalue weighted by Crippen LogP contribution is 2.26. The summed E-state index contributed by atoms with van der Waals surface area (Å²) in [5.74, 6) is 0.0522. The van der Waals surface area contributed by atoms with Gasteiger partial charge in [0.1, 0.15) is 0 Å². The van der Waals surface area contributed by atoms with Gasteiger partial charge in [0.25, 0.3) is 0 Å². The third-order valence-corrected chi connectivity index (χ3v) is 6.38. The maximum atomic E-state index is 12.4. The number of nitrogens with zero attached hydrogens (tertiary/aromatic N) is 1. The molecule has 0 bridgehead atoms. The molecule has 1 heterocycles. The quantitative estimate of drug-likeness (QED) is 0.830. The van der Waals surface area contributed by atoms with Crippen molar-refractivity contribution >= 4 is 15.9 Å². The van der Waals surface area contributed by atoms with Crippen LogP contribution in [0.25, 0.3) is 0 Å². The first-order chi connectivity index (χ1) is 11.5. The fourth-order valence-corrected chi connectivity index (χ4v) is 5.20. The molecule has 1 N–H and O–H groups in total. The predicted molar refractivity (Wildman–Crippen MR) is 93.8 cm³/mol. The van der Waals surface area contributed by atoms with Gasteiger partial charge in [0.15, 0.2) is 0 Å². The second-order valence-corrected chi connectivity index (χ2v) is 8.71. The summed E-state index contributed by atoms with van der Waals surface area (Å²) >= 11 is 0. The molecule has 1 saturated carbocycles. The third-order valence-electron chi connectivity index (χ3n) is 4.97. The summed E-state index contributed by atoms with van der Waals surface area (Å²) in [4.78, 5) is 14.2. The van der Waals surface area contributed by atoms with Gasteiger partial charge in [0.05, 0.1) is 5.75 Å². The van der Waals surface area contributed by atoms with Crippen molar-refractivity contribution in [2.24, 2.45) is 0 Å². The standard InChI is InChI=1S/C18H26N2O3S/c21-18-12-16(13-20(18)17-10-6-1-2-7-11-17)19-24(22,23)14-15-8-4-3-5-9-15/h3-5,8-9,16-17,19H,1-2,6-7,10-14H2/t16-/m1/s1. The van der Waals surface area contributed by atoms with Crippen LogP contribution in [0.4, 0.5) is 0 Å². The van der Waals surface area contributed by atoms with E-state index in [9.17, 15) is 13.2 Å². The fourth-order valence-electron chi connectivity index (χ4n) is 3.82. The van der Waals surface area contributed by atoms with Gasteiger partial charge < -0.3 is 4.90 Å². The Kier molecular flexibility index (Phi) is 5.56. The summed E-state index contributed by atoms with van der Waals surface area (Å²) in [5, 5.41) is 0. The van der Waals surface area contributed by atoms with Crippen LogP contribution >= 0.6 is 0 Å². The van der Waals surface area contributed by atoms with E-state index in [1.54, 1.807) is 12.1 Å². The third kappa shape index (κ3) is 4.57. The van der Waals surface area contributed by atoms with Gasteiger partial charge in [0, 0.05) is 25.0 Å². The average molecular weight is 350 g/mol. The number of carbonyl (C=O) groups is 1. The minimum Gasteiger partial charge on any atom is -0.338 e. The lowest BCUT2D eigenvalue weighted by Crippen LogP contribution is -2.40. The minimum atomic E-state index is -3.43. The van der Waals surface area contributed by atoms with Crippen molar-refractivity contribution in [1.82, 2.24) is 9.62 Å². The van der Waals surface area contributed by atoms with E-state index < -0.39 is 10.0 Å². The Morgan fingerprint density at radius 1 is 1.04 bits per heavy atom. The van der Waals surface area contributed by atoms with Crippen LogP contribution < -0.4 is 4.72 Å². The first kappa shape index (κ1) is 17.4. The van der Waals surface area contributed by atoms with E-state index in [1.807, 2.05) is 23.1 Å². The van der Waals surface area contributed by atoms with Gasteiger partial charge in [0.2, 0.25) is 15.9 Å². The normalized spacial score (nSPS) is 23.4. The molecule has 0 aromatic heterocycles. The van der Waals surface area contributed by atoms with Gasteiger partial charge in [-0.1, -0.05) is 56.0 Å². The van der Waals surface area contributed by atoms with Crippen LogP contribution in [0, 0.1) is 0 Å². The van der Waals surface area contributed by atoms with Crippen molar-refractivity contribution in [3.8, 4) is 0 Å². The molecule has 0 unspecified atom stereocenters. The molecule has 2 fully saturated rings. The number of likely N-dealkylation sites (tertiary alicyclic amines) is 1. The van der Waals surface area contributed by atoms with Crippen molar-refractivity contribution in [3.63, 3.8) is 0 Å². The predicted octanol–water partition coefficient (Wildman–Crippen LogP) is 2.43. The zero-order valence-corrected chi connectivity index (χ0v) is 14.8. The van der Waals surface area contributed by atoms with Crippen molar-refractivity contribution in [1.29, 1.82) is 0 Å². The maximum absolute atomic E-state index is 12.4. The molecular weight excluding hydrogens is 324 g/mol. The molecule has 1 aromatic carbocycles. The number of hydrogen-bond donors (Lipinski definition) is 1. The van der Waals surface area contributed by atoms with E-state index in [0.717, 1.165) is 18.4 Å². The molecule has 3 rings (SSSR count). The Labute approximate surface area is 144 Å². The molecule has 5 nitrogen and oxygen atoms in total. The monoisotopic (exact) mass is 350 g/mol. The molecular formula is C18H26N2O3S. The second-order valence-electron chi connectivity index (χ2n) is 6.96. The first-order valence-corrected chi connectivity index (χ1v) is 10.5. The van der Waals surface area contributed by atoms with Crippen LogP contribution in [0.2, 0.25) is 0 Å². The van der Waals surface area contributed by atoms with E-state index >= 15 is 0 Å². The summed E-state index contributed by atoms with van der Waals surface area (Å²) in [5.41, 5.74) is 0.759. The highest BCUT2D eigenvalue weighted by Gasteiger charge is 2.36. The van der Waals surface area contributed by atoms with Gasteiger partial charge in [-0.2, -0.15) is 0 Å². The number of sulfonamides is 1. The number of benzene rings is 1. The van der Waals surface area contributed by atoms with E-state index in [2.05, 4.69) is 4.72 Å². The fraction of sp³-hybridized carbons (Fsp3) is 0.611. The lowest BCUT2D eigenvalue weighted by molar-refractivity contribution is -0.129. The van der Waals surface area contributed by atoms with E-state index in [-0.39, 0.29) is 24.1 Å². The summed E-state index contributed by atoms with van der Waals surface area (Å²) in [6, 6.07) is 9.13. The Morgan fingerprint density at radius 3 is 2.38 bits per heavy atom. The summed E-state index contributed by atoms with van der Waals surface area (Å²) in [7, 11) is -3.43. The molecule has 1 aromatic rings. The first-order valence-electron chi connectivity index (χ1n) is 8.87. The number of hydrogen-bond acceptors (Lipinski definition) is 3. The highest BCUT2D eigenvalue weighted by atomic mass is 32.2. The zero-order chi connectivity index (χ0) is 17.0. The number of amides is 1. The summed E-state index contributed by atoms with van der Waals surface area (Å²) in [6.07, 6.45) is 7.20. The van der Waals surface area contributed by atoms with Crippen LogP contribution in [-0.2, 0) is 20.6 Å². The number of rotatable bonds is 5. The lowest BCUT2D eigenvalue weighted by Gasteiger charge is -2.27. The van der Waals surface area contributed by atoms with E-state index in [0.29, 0.717) is 12.6 Å². The minimum absolute atomic E-state index is 0.0397. The molecule has 24 heavy (non-hydrogen) atoms. The van der Waals surface area contributed by atoms with Crippen LogP contribution in [0.15, 0.2) is 30.3 Å². The molecule has 2 aliphatic rings. The largest absolute Gasteiger partial charge is 0.338 e. The lowest BCUT2D eigenvalue weighted by atomic mass is 10.1. The Morgan fingerprint density at radius 2 is 1.71 bits per heavy atom. The smallest absolute Gasteiger partial charge is 0.224 e. The Balaban J connectivity index is 1.59. The van der Waals surface area contributed by atoms with Crippen LogP contribution in [0.1, 0.15) is 50.5 Å². The number of carbonyl (C=O) groups excluding carboxylic acids is 1. The van der Waals surface area contributed by atoms with Crippen molar-refractivity contribution < 1.29 is 13.2 Å². The molecule has 1 aliphatic heterocycles. The Hall–Kier alpha value is -1.40. The highest BCUT2D eigenvalue weighted by molar-refractivity contribution is 7.88. The molecule has 0 radical (unpaired) electrons. The Bertz CT molecular complexity index is 652. The zero-order valence-electron chi connectivity index (χ0n) is 14.0. The van der Waals surface area contributed by atoms with Crippen molar-refractivity contribution in [3.05, 3.63) is 35.9 Å². The van der Waals surface area contributed by atoms with Crippen LogP contribution in [-0.4, -0.2) is 37.9 Å². The van der Waals surface area contributed by atoms with Gasteiger partial charge in [-0.25, -0.2) is 13.1 Å². The van der Waals surface area contributed by atoms with Gasteiger partial charge in [-0.3, -0.25) is 4.79 Å². The molecule has 0 spiro atoms. The SMILES string of the molecule is O=C1C[C@@H](NS(=O)(=O)Cc2ccccc2)CN1C1CCCCCC1. The van der Waals surface area contributed by atoms with Crippen LogP contribution in [0.3, 0.4) is 0 Å². The second kappa shape index (κ2) is 7.66. The van der Waals surface area contributed by atoms with E-state index in [4.69, 9.17) is 0 Å². The number of nitrogens with one attached hydrogen (secondary N) is 1.